The van der Waals surface area contributed by atoms with Gasteiger partial charge in [0.05, 0.1) is 12.6 Å². The lowest BCUT2D eigenvalue weighted by molar-refractivity contribution is -0.138. The average Bonchev–Trinajstić information content (AvgIpc) is 2.65. The smallest absolute Gasteiger partial charge is 0.240 e. The van der Waals surface area contributed by atoms with E-state index in [1.807, 2.05) is 13.8 Å². The second kappa shape index (κ2) is 5.11. The van der Waals surface area contributed by atoms with Gasteiger partial charge in [0, 0.05) is 6.04 Å². The van der Waals surface area contributed by atoms with Crippen LogP contribution in [-0.2, 0) is 9.59 Å². The van der Waals surface area contributed by atoms with Gasteiger partial charge in [-0.2, -0.15) is 0 Å². The minimum Gasteiger partial charge on any atom is -0.368 e. The van der Waals surface area contributed by atoms with Gasteiger partial charge in [-0.15, -0.1) is 0 Å². The highest BCUT2D eigenvalue weighted by Crippen LogP contribution is 2.10. The number of amides is 2. The number of nitrogens with one attached hydrogen (secondary N) is 1. The number of hydrogen-bond donors (Lipinski definition) is 2. The second-order valence-electron chi connectivity index (χ2n) is 4.18. The van der Waals surface area contributed by atoms with E-state index in [1.54, 1.807) is 0 Å². The van der Waals surface area contributed by atoms with Crippen molar-refractivity contribution >= 4 is 11.8 Å². The lowest BCUT2D eigenvalue weighted by atomic mass is 10.1. The van der Waals surface area contributed by atoms with E-state index in [9.17, 15) is 9.59 Å². The summed E-state index contributed by atoms with van der Waals surface area (Å²) in [6.07, 6.45) is 1.86. The Bertz CT molecular complexity index is 247. The lowest BCUT2D eigenvalue weighted by Gasteiger charge is -2.28. The molecule has 0 saturated carbocycles. The summed E-state index contributed by atoms with van der Waals surface area (Å²) in [5, 5.41) is 3.12. The van der Waals surface area contributed by atoms with Crippen molar-refractivity contribution in [2.75, 3.05) is 13.1 Å². The van der Waals surface area contributed by atoms with Gasteiger partial charge in [-0.05, 0) is 33.2 Å². The van der Waals surface area contributed by atoms with Crippen molar-refractivity contribution in [2.24, 2.45) is 5.73 Å². The summed E-state index contributed by atoms with van der Waals surface area (Å²) in [7, 11) is 0. The molecule has 5 heteroatoms. The number of hydrogen-bond acceptors (Lipinski definition) is 3. The van der Waals surface area contributed by atoms with Crippen molar-refractivity contribution in [1.29, 1.82) is 0 Å². The first-order valence-corrected chi connectivity index (χ1v) is 5.34. The fraction of sp³-hybridized carbons (Fsp3) is 0.800. The van der Waals surface area contributed by atoms with Crippen molar-refractivity contribution < 1.29 is 9.59 Å². The van der Waals surface area contributed by atoms with Gasteiger partial charge in [0.25, 0.3) is 0 Å². The average molecular weight is 213 g/mol. The van der Waals surface area contributed by atoms with E-state index < -0.39 is 5.91 Å². The van der Waals surface area contributed by atoms with Crippen LogP contribution in [0.15, 0.2) is 0 Å². The minimum absolute atomic E-state index is 0.00685. The predicted octanol–water partition coefficient (Wildman–Crippen LogP) is -0.539. The highest BCUT2D eigenvalue weighted by Gasteiger charge is 2.28. The molecule has 0 aromatic carbocycles. The standard InChI is InChI=1S/C10H19N3O2/c1-7(2)13(6-9(11)14)10(15)8-4-3-5-12-8/h7-8,12H,3-6H2,1-2H3,(H2,11,14)/t8-/m1/s1. The van der Waals surface area contributed by atoms with Crippen LogP contribution in [0.25, 0.3) is 0 Å². The number of nitrogens with two attached hydrogens (primary N) is 1. The van der Waals surface area contributed by atoms with Gasteiger partial charge in [-0.3, -0.25) is 9.59 Å². The van der Waals surface area contributed by atoms with Crippen LogP contribution in [-0.4, -0.2) is 41.9 Å². The van der Waals surface area contributed by atoms with E-state index in [0.717, 1.165) is 19.4 Å². The highest BCUT2D eigenvalue weighted by atomic mass is 16.2. The van der Waals surface area contributed by atoms with Crippen LogP contribution in [0.3, 0.4) is 0 Å². The molecule has 0 aliphatic carbocycles. The Morgan fingerprint density at radius 2 is 2.20 bits per heavy atom. The summed E-state index contributed by atoms with van der Waals surface area (Å²) in [4.78, 5) is 24.4. The second-order valence-corrected chi connectivity index (χ2v) is 4.18. The molecule has 0 bridgehead atoms. The number of nitrogens with zero attached hydrogens (tertiary/aromatic N) is 1. The van der Waals surface area contributed by atoms with Gasteiger partial charge < -0.3 is 16.0 Å². The minimum atomic E-state index is -0.463. The van der Waals surface area contributed by atoms with Crippen molar-refractivity contribution in [3.05, 3.63) is 0 Å². The third-order valence-electron chi connectivity index (χ3n) is 2.59. The van der Waals surface area contributed by atoms with Crippen LogP contribution in [0, 0.1) is 0 Å². The van der Waals surface area contributed by atoms with Crippen LogP contribution in [0.1, 0.15) is 26.7 Å². The highest BCUT2D eigenvalue weighted by molar-refractivity contribution is 5.87. The van der Waals surface area contributed by atoms with E-state index >= 15 is 0 Å². The number of carbonyl (C=O) groups is 2. The Hall–Kier alpha value is -1.10. The molecule has 1 atom stereocenters. The Kier molecular flexibility index (Phi) is 4.08. The molecule has 0 radical (unpaired) electrons. The third kappa shape index (κ3) is 3.20. The third-order valence-corrected chi connectivity index (χ3v) is 2.59. The van der Waals surface area contributed by atoms with E-state index in [0.29, 0.717) is 0 Å². The van der Waals surface area contributed by atoms with E-state index in [2.05, 4.69) is 5.32 Å². The van der Waals surface area contributed by atoms with Gasteiger partial charge in [0.2, 0.25) is 11.8 Å². The molecule has 2 amide bonds. The quantitative estimate of drug-likeness (QED) is 0.658. The topological polar surface area (TPSA) is 75.4 Å². The number of primary amides is 1. The van der Waals surface area contributed by atoms with E-state index in [4.69, 9.17) is 5.73 Å². The molecule has 1 rings (SSSR count). The first kappa shape index (κ1) is 12.0. The first-order chi connectivity index (χ1) is 7.02. The molecule has 0 aromatic rings. The van der Waals surface area contributed by atoms with Crippen molar-refractivity contribution in [3.63, 3.8) is 0 Å². The Morgan fingerprint density at radius 1 is 1.53 bits per heavy atom. The van der Waals surface area contributed by atoms with Crippen LogP contribution >= 0.6 is 0 Å². The molecule has 0 unspecified atom stereocenters. The zero-order valence-corrected chi connectivity index (χ0v) is 9.32. The SMILES string of the molecule is CC(C)N(CC(N)=O)C(=O)[C@H]1CCCN1. The first-order valence-electron chi connectivity index (χ1n) is 5.34. The summed E-state index contributed by atoms with van der Waals surface area (Å²) >= 11 is 0. The zero-order chi connectivity index (χ0) is 11.4. The Labute approximate surface area is 90.0 Å². The number of carbonyl (C=O) groups excluding carboxylic acids is 2. The van der Waals surface area contributed by atoms with Crippen molar-refractivity contribution in [2.45, 2.75) is 38.8 Å². The summed E-state index contributed by atoms with van der Waals surface area (Å²) < 4.78 is 0. The largest absolute Gasteiger partial charge is 0.368 e. The van der Waals surface area contributed by atoms with E-state index in [1.165, 1.54) is 4.90 Å². The molecule has 86 valence electrons. The normalized spacial score (nSPS) is 20.6. The molecule has 1 heterocycles. The molecule has 0 spiro atoms. The van der Waals surface area contributed by atoms with Gasteiger partial charge in [0.1, 0.15) is 0 Å². The van der Waals surface area contributed by atoms with Gasteiger partial charge in [-0.1, -0.05) is 0 Å². The van der Waals surface area contributed by atoms with Gasteiger partial charge in [-0.25, -0.2) is 0 Å². The zero-order valence-electron chi connectivity index (χ0n) is 9.32. The fourth-order valence-corrected chi connectivity index (χ4v) is 1.78. The molecular formula is C10H19N3O2. The molecule has 5 nitrogen and oxygen atoms in total. The lowest BCUT2D eigenvalue weighted by Crippen LogP contribution is -2.49. The molecule has 15 heavy (non-hydrogen) atoms. The monoisotopic (exact) mass is 213 g/mol. The van der Waals surface area contributed by atoms with Crippen LogP contribution in [0.2, 0.25) is 0 Å². The van der Waals surface area contributed by atoms with Crippen LogP contribution in [0.5, 0.6) is 0 Å². The predicted molar refractivity (Wildman–Crippen MR) is 57.1 cm³/mol. The molecule has 1 aliphatic rings. The molecule has 1 aliphatic heterocycles. The molecule has 1 saturated heterocycles. The maximum atomic E-state index is 12.0. The molecule has 3 N–H and O–H groups in total. The van der Waals surface area contributed by atoms with E-state index in [-0.39, 0.29) is 24.5 Å². The Morgan fingerprint density at radius 3 is 2.60 bits per heavy atom. The summed E-state index contributed by atoms with van der Waals surface area (Å²) in [5.41, 5.74) is 5.11. The van der Waals surface area contributed by atoms with Gasteiger partial charge in [0.15, 0.2) is 0 Å². The molecular weight excluding hydrogens is 194 g/mol. The summed E-state index contributed by atoms with van der Waals surface area (Å²) in [6, 6.07) is -0.126. The summed E-state index contributed by atoms with van der Waals surface area (Å²) in [6.45, 7) is 4.65. The number of rotatable bonds is 4. The van der Waals surface area contributed by atoms with Crippen molar-refractivity contribution in [3.8, 4) is 0 Å². The Balaban J connectivity index is 2.61. The van der Waals surface area contributed by atoms with Crippen LogP contribution < -0.4 is 11.1 Å². The van der Waals surface area contributed by atoms with Crippen LogP contribution in [0.4, 0.5) is 0 Å². The summed E-state index contributed by atoms with van der Waals surface area (Å²) in [5.74, 6) is -0.476. The van der Waals surface area contributed by atoms with Crippen molar-refractivity contribution in [1.82, 2.24) is 10.2 Å². The maximum Gasteiger partial charge on any atom is 0.240 e. The maximum absolute atomic E-state index is 12.0. The fourth-order valence-electron chi connectivity index (χ4n) is 1.78. The molecule has 1 fully saturated rings. The van der Waals surface area contributed by atoms with Gasteiger partial charge >= 0.3 is 0 Å². The molecule has 0 aromatic heterocycles.